The lowest BCUT2D eigenvalue weighted by Gasteiger charge is -2.15. The molecule has 0 heterocycles. The Labute approximate surface area is 230 Å². The van der Waals surface area contributed by atoms with Gasteiger partial charge >= 0.3 is 11.9 Å². The molecule has 0 aliphatic heterocycles. The Hall–Kier alpha value is -3.84. The van der Waals surface area contributed by atoms with Gasteiger partial charge in [0.1, 0.15) is 0 Å². The van der Waals surface area contributed by atoms with Gasteiger partial charge < -0.3 is 9.47 Å². The van der Waals surface area contributed by atoms with Gasteiger partial charge in [0, 0.05) is 0 Å². The molecular formula is C30H29O7PS. The number of hydrogen-bond acceptors (Lipinski definition) is 6. The van der Waals surface area contributed by atoms with Crippen LogP contribution in [0.2, 0.25) is 0 Å². The summed E-state index contributed by atoms with van der Waals surface area (Å²) in [6.45, 7) is 3.99. The second kappa shape index (κ2) is 13.3. The summed E-state index contributed by atoms with van der Waals surface area (Å²) in [5.41, 5.74) is 6.25. The lowest BCUT2D eigenvalue weighted by atomic mass is 9.93. The Balaban J connectivity index is 0.000000320. The van der Waals surface area contributed by atoms with Crippen LogP contribution in [-0.4, -0.2) is 45.8 Å². The number of carbonyl (C=O) groups excluding carboxylic acids is 2. The zero-order chi connectivity index (χ0) is 28.6. The topological polar surface area (TPSA) is 107 Å². The van der Waals surface area contributed by atoms with Crippen molar-refractivity contribution in [2.45, 2.75) is 11.8 Å². The van der Waals surface area contributed by atoms with Crippen molar-refractivity contribution >= 4 is 35.9 Å². The smallest absolute Gasteiger partial charge is 0.337 e. The lowest BCUT2D eigenvalue weighted by Crippen LogP contribution is -2.04. The van der Waals surface area contributed by atoms with E-state index in [1.54, 1.807) is 36.4 Å². The first-order chi connectivity index (χ1) is 18.6. The Morgan fingerprint density at radius 1 is 0.718 bits per heavy atom. The molecule has 0 fully saturated rings. The van der Waals surface area contributed by atoms with E-state index in [2.05, 4.69) is 18.8 Å². The highest BCUT2D eigenvalue weighted by Gasteiger charge is 2.14. The van der Waals surface area contributed by atoms with Gasteiger partial charge in [0.25, 0.3) is 10.1 Å². The molecule has 1 atom stereocenters. The van der Waals surface area contributed by atoms with Crippen LogP contribution in [0.15, 0.2) is 95.9 Å². The first-order valence-electron chi connectivity index (χ1n) is 11.8. The summed E-state index contributed by atoms with van der Waals surface area (Å²) in [5.74, 6) is -0.704. The number of ether oxygens (including phenoxy) is 2. The summed E-state index contributed by atoms with van der Waals surface area (Å²) in [6, 6.07) is 27.1. The average Bonchev–Trinajstić information content (AvgIpc) is 2.96. The fraction of sp³-hybridized carbons (Fsp3) is 0.133. The number of carbonyl (C=O) groups is 2. The van der Waals surface area contributed by atoms with E-state index in [1.165, 1.54) is 31.7 Å². The molecule has 1 unspecified atom stereocenters. The van der Waals surface area contributed by atoms with E-state index in [1.807, 2.05) is 37.3 Å². The van der Waals surface area contributed by atoms with E-state index < -0.39 is 10.1 Å². The second-order valence-electron chi connectivity index (χ2n) is 8.40. The van der Waals surface area contributed by atoms with Crippen LogP contribution in [0, 0.1) is 6.92 Å². The molecule has 0 radical (unpaired) electrons. The molecule has 7 nitrogen and oxygen atoms in total. The number of rotatable bonds is 6. The summed E-state index contributed by atoms with van der Waals surface area (Å²) < 4.78 is 39.1. The minimum atomic E-state index is -4.02. The molecule has 4 aromatic rings. The summed E-state index contributed by atoms with van der Waals surface area (Å²) >= 11 is 0. The van der Waals surface area contributed by atoms with Crippen molar-refractivity contribution < 1.29 is 32.0 Å². The van der Waals surface area contributed by atoms with Gasteiger partial charge in [-0.1, -0.05) is 68.7 Å². The van der Waals surface area contributed by atoms with Crippen LogP contribution in [0.3, 0.4) is 0 Å². The van der Waals surface area contributed by atoms with Crippen LogP contribution in [-0.2, 0) is 19.6 Å². The first kappa shape index (κ1) is 29.7. The lowest BCUT2D eigenvalue weighted by molar-refractivity contribution is 0.0592. The largest absolute Gasteiger partial charge is 0.465 e. The number of methoxy groups -OCH3 is 2. The zero-order valence-electron chi connectivity index (χ0n) is 22.0. The maximum atomic E-state index is 11.7. The van der Waals surface area contributed by atoms with E-state index in [9.17, 15) is 18.0 Å². The maximum absolute atomic E-state index is 11.7. The van der Waals surface area contributed by atoms with E-state index in [-0.39, 0.29) is 16.8 Å². The quantitative estimate of drug-likeness (QED) is 0.180. The van der Waals surface area contributed by atoms with Crippen LogP contribution >= 0.6 is 8.58 Å². The molecule has 0 saturated carbocycles. The SMILES string of the molecule is COC(=O)c1ccc(-c2cccc(PC)c2-c2ccc(C(=O)OC)cc2)cc1.Cc1ccc(S(=O)(=O)O)cc1. The molecule has 4 rings (SSSR count). The van der Waals surface area contributed by atoms with Gasteiger partial charge in [-0.15, -0.1) is 0 Å². The molecular weight excluding hydrogens is 535 g/mol. The molecule has 0 amide bonds. The Bertz CT molecular complexity index is 1540. The molecule has 202 valence electrons. The second-order valence-corrected chi connectivity index (χ2v) is 10.9. The van der Waals surface area contributed by atoms with Gasteiger partial charge in [0.05, 0.1) is 30.2 Å². The van der Waals surface area contributed by atoms with E-state index in [4.69, 9.17) is 14.0 Å². The molecule has 1 N–H and O–H groups in total. The highest BCUT2D eigenvalue weighted by Crippen LogP contribution is 2.33. The molecule has 0 aliphatic carbocycles. The zero-order valence-corrected chi connectivity index (χ0v) is 23.8. The minimum Gasteiger partial charge on any atom is -0.465 e. The van der Waals surface area contributed by atoms with Crippen molar-refractivity contribution in [1.29, 1.82) is 0 Å². The number of esters is 2. The summed E-state index contributed by atoms with van der Waals surface area (Å²) in [4.78, 5) is 23.4. The van der Waals surface area contributed by atoms with Crippen molar-refractivity contribution in [3.05, 3.63) is 108 Å². The molecule has 0 aromatic heterocycles. The number of aryl methyl sites for hydroxylation is 1. The van der Waals surface area contributed by atoms with Crippen molar-refractivity contribution in [3.63, 3.8) is 0 Å². The van der Waals surface area contributed by atoms with Gasteiger partial charge in [-0.3, -0.25) is 4.55 Å². The van der Waals surface area contributed by atoms with Crippen LogP contribution in [0.4, 0.5) is 0 Å². The van der Waals surface area contributed by atoms with E-state index >= 15 is 0 Å². The van der Waals surface area contributed by atoms with Gasteiger partial charge in [-0.2, -0.15) is 8.42 Å². The number of benzene rings is 4. The van der Waals surface area contributed by atoms with Crippen molar-refractivity contribution in [2.75, 3.05) is 20.9 Å². The fourth-order valence-electron chi connectivity index (χ4n) is 3.82. The average molecular weight is 565 g/mol. The Kier molecular flexibility index (Phi) is 10.1. The normalized spacial score (nSPS) is 11.0. The van der Waals surface area contributed by atoms with E-state index in [0.717, 1.165) is 27.8 Å². The highest BCUT2D eigenvalue weighted by atomic mass is 32.2. The molecule has 0 saturated heterocycles. The van der Waals surface area contributed by atoms with Gasteiger partial charge in [0.15, 0.2) is 0 Å². The van der Waals surface area contributed by atoms with Crippen molar-refractivity contribution in [3.8, 4) is 22.3 Å². The fourth-order valence-corrected chi connectivity index (χ4v) is 5.09. The third-order valence-electron chi connectivity index (χ3n) is 5.86. The minimum absolute atomic E-state index is 0.0666. The van der Waals surface area contributed by atoms with Crippen LogP contribution < -0.4 is 5.30 Å². The third-order valence-corrected chi connectivity index (χ3v) is 7.69. The molecule has 0 bridgehead atoms. The molecule has 9 heteroatoms. The van der Waals surface area contributed by atoms with Crippen LogP contribution in [0.1, 0.15) is 26.3 Å². The van der Waals surface area contributed by atoms with Gasteiger partial charge in [-0.25, -0.2) is 9.59 Å². The summed E-state index contributed by atoms with van der Waals surface area (Å²) in [7, 11) is -0.656. The Morgan fingerprint density at radius 2 is 1.21 bits per heavy atom. The summed E-state index contributed by atoms with van der Waals surface area (Å²) in [6.07, 6.45) is 0. The molecule has 39 heavy (non-hydrogen) atoms. The Morgan fingerprint density at radius 3 is 1.64 bits per heavy atom. The predicted molar refractivity (Wildman–Crippen MR) is 155 cm³/mol. The molecule has 0 spiro atoms. The van der Waals surface area contributed by atoms with Crippen molar-refractivity contribution in [2.24, 2.45) is 0 Å². The van der Waals surface area contributed by atoms with Crippen molar-refractivity contribution in [1.82, 2.24) is 0 Å². The monoisotopic (exact) mass is 564 g/mol. The van der Waals surface area contributed by atoms with Crippen LogP contribution in [0.25, 0.3) is 22.3 Å². The summed E-state index contributed by atoms with van der Waals surface area (Å²) in [5, 5.41) is 1.24. The third kappa shape index (κ3) is 7.60. The van der Waals surface area contributed by atoms with Gasteiger partial charge in [0.2, 0.25) is 0 Å². The standard InChI is InChI=1S/C23H21O4P.C7H8O3S/c1-26-22(24)17-11-7-15(8-12-17)19-5-4-6-20(28-3)21(19)16-9-13-18(14-10-16)23(25)27-2;1-6-2-4-7(5-3-6)11(8,9)10/h4-14,28H,1-3H3;2-5H,1H3,(H,8,9,10). The highest BCUT2D eigenvalue weighted by molar-refractivity contribution is 7.85. The predicted octanol–water partition coefficient (Wildman–Crippen LogP) is 5.77. The number of hydrogen-bond donors (Lipinski definition) is 1. The maximum Gasteiger partial charge on any atom is 0.337 e. The van der Waals surface area contributed by atoms with E-state index in [0.29, 0.717) is 19.7 Å². The first-order valence-corrected chi connectivity index (χ1v) is 14.8. The molecule has 0 aliphatic rings. The molecule has 4 aromatic carbocycles. The van der Waals surface area contributed by atoms with Crippen LogP contribution in [0.5, 0.6) is 0 Å². The van der Waals surface area contributed by atoms with Gasteiger partial charge in [-0.05, 0) is 77.5 Å².